The maximum absolute atomic E-state index is 12.3. The van der Waals surface area contributed by atoms with E-state index in [9.17, 15) is 4.79 Å². The first kappa shape index (κ1) is 13.7. The van der Waals surface area contributed by atoms with Gasteiger partial charge in [-0.15, -0.1) is 0 Å². The lowest BCUT2D eigenvalue weighted by Crippen LogP contribution is -2.32. The maximum Gasteiger partial charge on any atom is 0.231 e. The number of fused-ring (bicyclic) bond motifs is 1. The fourth-order valence-corrected chi connectivity index (χ4v) is 3.67. The lowest BCUT2D eigenvalue weighted by Gasteiger charge is -2.24. The van der Waals surface area contributed by atoms with Gasteiger partial charge in [0.15, 0.2) is 0 Å². The van der Waals surface area contributed by atoms with Crippen LogP contribution in [0.4, 0.5) is 5.69 Å². The topological polar surface area (TPSA) is 20.3 Å². The molecule has 1 aromatic carbocycles. The van der Waals surface area contributed by atoms with Gasteiger partial charge in [-0.05, 0) is 30.4 Å². The molecule has 108 valence electrons. The number of anilines is 1. The molecular formula is C18H25NO. The third-order valence-electron chi connectivity index (χ3n) is 4.84. The number of carbonyl (C=O) groups is 1. The Hall–Kier alpha value is -1.31. The van der Waals surface area contributed by atoms with Crippen LogP contribution in [0.5, 0.6) is 0 Å². The number of para-hydroxylation sites is 1. The SMILES string of the molecule is O=C1Cc2ccccc2N1CC1CCCCCCCC1. The van der Waals surface area contributed by atoms with E-state index in [1.54, 1.807) is 0 Å². The summed E-state index contributed by atoms with van der Waals surface area (Å²) in [6.07, 6.45) is 11.4. The first-order valence-corrected chi connectivity index (χ1v) is 8.23. The minimum atomic E-state index is 0.297. The van der Waals surface area contributed by atoms with Gasteiger partial charge >= 0.3 is 0 Å². The lowest BCUT2D eigenvalue weighted by atomic mass is 9.96. The zero-order chi connectivity index (χ0) is 13.8. The van der Waals surface area contributed by atoms with Crippen LogP contribution in [-0.2, 0) is 11.2 Å². The van der Waals surface area contributed by atoms with Gasteiger partial charge in [0.05, 0.1) is 6.42 Å². The third kappa shape index (κ3) is 3.05. The van der Waals surface area contributed by atoms with Crippen LogP contribution in [0.25, 0.3) is 0 Å². The quantitative estimate of drug-likeness (QED) is 0.784. The second kappa shape index (κ2) is 6.43. The molecule has 0 aromatic heterocycles. The smallest absolute Gasteiger partial charge is 0.231 e. The van der Waals surface area contributed by atoms with Crippen molar-refractivity contribution in [3.63, 3.8) is 0 Å². The van der Waals surface area contributed by atoms with E-state index in [0.717, 1.165) is 12.2 Å². The molecule has 1 aliphatic heterocycles. The molecule has 0 spiro atoms. The summed E-state index contributed by atoms with van der Waals surface area (Å²) in [6.45, 7) is 0.940. The molecule has 2 heteroatoms. The number of benzene rings is 1. The largest absolute Gasteiger partial charge is 0.312 e. The molecule has 2 aliphatic rings. The Labute approximate surface area is 122 Å². The molecule has 0 bridgehead atoms. The highest BCUT2D eigenvalue weighted by Gasteiger charge is 2.28. The average Bonchev–Trinajstić information content (AvgIpc) is 2.83. The molecule has 0 saturated heterocycles. The van der Waals surface area contributed by atoms with Gasteiger partial charge in [0, 0.05) is 12.2 Å². The van der Waals surface area contributed by atoms with Gasteiger partial charge in [-0.25, -0.2) is 0 Å². The van der Waals surface area contributed by atoms with Gasteiger partial charge in [-0.3, -0.25) is 4.79 Å². The zero-order valence-electron chi connectivity index (χ0n) is 12.3. The standard InChI is InChI=1S/C18H25NO/c20-18-13-16-11-7-8-12-17(16)19(18)14-15-9-5-3-1-2-4-6-10-15/h7-8,11-12,15H,1-6,9-10,13-14H2. The van der Waals surface area contributed by atoms with Crippen molar-refractivity contribution in [2.24, 2.45) is 5.92 Å². The predicted molar refractivity (Wildman–Crippen MR) is 82.9 cm³/mol. The van der Waals surface area contributed by atoms with E-state index < -0.39 is 0 Å². The van der Waals surface area contributed by atoms with Gasteiger partial charge in [0.2, 0.25) is 5.91 Å². The summed E-state index contributed by atoms with van der Waals surface area (Å²) < 4.78 is 0. The van der Waals surface area contributed by atoms with Crippen LogP contribution in [0, 0.1) is 5.92 Å². The van der Waals surface area contributed by atoms with Crippen molar-refractivity contribution in [2.45, 2.75) is 57.8 Å². The number of amides is 1. The van der Waals surface area contributed by atoms with Crippen molar-refractivity contribution in [1.29, 1.82) is 0 Å². The molecule has 0 radical (unpaired) electrons. The summed E-state index contributed by atoms with van der Waals surface area (Å²) in [7, 11) is 0. The van der Waals surface area contributed by atoms with Crippen LogP contribution in [0.3, 0.4) is 0 Å². The van der Waals surface area contributed by atoms with Gasteiger partial charge < -0.3 is 4.90 Å². The highest BCUT2D eigenvalue weighted by atomic mass is 16.2. The van der Waals surface area contributed by atoms with Crippen LogP contribution in [0.15, 0.2) is 24.3 Å². The maximum atomic E-state index is 12.3. The summed E-state index contributed by atoms with van der Waals surface area (Å²) in [4.78, 5) is 14.3. The zero-order valence-corrected chi connectivity index (χ0v) is 12.3. The minimum absolute atomic E-state index is 0.297. The summed E-state index contributed by atoms with van der Waals surface area (Å²) >= 11 is 0. The van der Waals surface area contributed by atoms with Crippen LogP contribution in [0.1, 0.15) is 56.9 Å². The monoisotopic (exact) mass is 271 g/mol. The number of nitrogens with zero attached hydrogens (tertiary/aromatic N) is 1. The predicted octanol–water partition coefficient (Wildman–Crippen LogP) is 4.33. The average molecular weight is 271 g/mol. The van der Waals surface area contributed by atoms with E-state index in [0.29, 0.717) is 18.2 Å². The fourth-order valence-electron chi connectivity index (χ4n) is 3.67. The number of carbonyl (C=O) groups excluding carboxylic acids is 1. The van der Waals surface area contributed by atoms with Crippen molar-refractivity contribution < 1.29 is 4.79 Å². The Kier molecular flexibility index (Phi) is 4.39. The van der Waals surface area contributed by atoms with Gasteiger partial charge in [-0.1, -0.05) is 56.7 Å². The number of rotatable bonds is 2. The van der Waals surface area contributed by atoms with Crippen LogP contribution in [-0.4, -0.2) is 12.5 Å². The third-order valence-corrected chi connectivity index (χ3v) is 4.84. The molecule has 2 nitrogen and oxygen atoms in total. The van der Waals surface area contributed by atoms with E-state index in [1.807, 2.05) is 12.1 Å². The van der Waals surface area contributed by atoms with Gasteiger partial charge in [0.25, 0.3) is 0 Å². The molecule has 1 aromatic rings. The van der Waals surface area contributed by atoms with Crippen molar-refractivity contribution >= 4 is 11.6 Å². The van der Waals surface area contributed by atoms with Crippen LogP contribution >= 0.6 is 0 Å². The van der Waals surface area contributed by atoms with Crippen molar-refractivity contribution in [3.05, 3.63) is 29.8 Å². The first-order valence-electron chi connectivity index (χ1n) is 8.23. The molecular weight excluding hydrogens is 246 g/mol. The summed E-state index contributed by atoms with van der Waals surface area (Å²) in [6, 6.07) is 8.29. The number of hydrogen-bond donors (Lipinski definition) is 0. The Morgan fingerprint density at radius 2 is 1.60 bits per heavy atom. The summed E-state index contributed by atoms with van der Waals surface area (Å²) in [5.74, 6) is 0.995. The van der Waals surface area contributed by atoms with E-state index in [2.05, 4.69) is 17.0 Å². The molecule has 1 heterocycles. The molecule has 1 fully saturated rings. The summed E-state index contributed by atoms with van der Waals surface area (Å²) in [5.41, 5.74) is 2.37. The molecule has 0 N–H and O–H groups in total. The van der Waals surface area contributed by atoms with Crippen molar-refractivity contribution in [3.8, 4) is 0 Å². The normalized spacial score (nSPS) is 21.2. The van der Waals surface area contributed by atoms with Crippen LogP contribution < -0.4 is 4.90 Å². The minimum Gasteiger partial charge on any atom is -0.312 e. The van der Waals surface area contributed by atoms with E-state index in [-0.39, 0.29) is 0 Å². The Balaban J connectivity index is 1.68. The second-order valence-electron chi connectivity index (χ2n) is 6.37. The highest BCUT2D eigenvalue weighted by Crippen LogP contribution is 2.31. The van der Waals surface area contributed by atoms with E-state index in [1.165, 1.54) is 56.9 Å². The van der Waals surface area contributed by atoms with Crippen molar-refractivity contribution in [2.75, 3.05) is 11.4 Å². The molecule has 3 rings (SSSR count). The lowest BCUT2D eigenvalue weighted by molar-refractivity contribution is -0.117. The highest BCUT2D eigenvalue weighted by molar-refractivity contribution is 6.01. The van der Waals surface area contributed by atoms with Crippen LogP contribution in [0.2, 0.25) is 0 Å². The molecule has 1 amide bonds. The molecule has 20 heavy (non-hydrogen) atoms. The second-order valence-corrected chi connectivity index (χ2v) is 6.37. The van der Waals surface area contributed by atoms with Gasteiger partial charge in [-0.2, -0.15) is 0 Å². The van der Waals surface area contributed by atoms with E-state index in [4.69, 9.17) is 0 Å². The Morgan fingerprint density at radius 3 is 2.35 bits per heavy atom. The molecule has 1 saturated carbocycles. The Bertz CT molecular complexity index is 458. The fraction of sp³-hybridized carbons (Fsp3) is 0.611. The Morgan fingerprint density at radius 1 is 0.950 bits per heavy atom. The molecule has 0 unspecified atom stereocenters. The van der Waals surface area contributed by atoms with E-state index >= 15 is 0 Å². The molecule has 1 aliphatic carbocycles. The first-order chi connectivity index (χ1) is 9.84. The summed E-state index contributed by atoms with van der Waals surface area (Å²) in [5, 5.41) is 0. The van der Waals surface area contributed by atoms with Crippen molar-refractivity contribution in [1.82, 2.24) is 0 Å². The number of hydrogen-bond acceptors (Lipinski definition) is 1. The molecule has 0 atom stereocenters. The van der Waals surface area contributed by atoms with Gasteiger partial charge in [0.1, 0.15) is 0 Å².